The average molecular weight is 367 g/mol. The number of hydroxylamine groups is 1. The van der Waals surface area contributed by atoms with Gasteiger partial charge in [-0.05, 0) is 31.9 Å². The maximum absolute atomic E-state index is 13.2. The van der Waals surface area contributed by atoms with Gasteiger partial charge >= 0.3 is 0 Å². The van der Waals surface area contributed by atoms with Gasteiger partial charge in [0.1, 0.15) is 6.61 Å². The summed E-state index contributed by atoms with van der Waals surface area (Å²) < 4.78 is 37.2. The number of rotatable bonds is 6. The summed E-state index contributed by atoms with van der Waals surface area (Å²) >= 11 is 0. The second-order valence-corrected chi connectivity index (χ2v) is 7.63. The van der Waals surface area contributed by atoms with Crippen LogP contribution in [0.4, 0.5) is 0 Å². The quantitative estimate of drug-likeness (QED) is 0.444. The highest BCUT2D eigenvalue weighted by atomic mass is 32.2. The predicted molar refractivity (Wildman–Crippen MR) is 89.2 cm³/mol. The number of carbonyl (C=O) groups excluding carboxylic acids is 1. The van der Waals surface area contributed by atoms with Crippen molar-refractivity contribution in [1.29, 1.82) is 0 Å². The van der Waals surface area contributed by atoms with Crippen LogP contribution in [-0.2, 0) is 24.1 Å². The number of benzene rings is 1. The maximum Gasteiger partial charge on any atom is 0.253 e. The van der Waals surface area contributed by atoms with Gasteiger partial charge in [-0.3, -0.25) is 10.0 Å². The Morgan fingerprint density at radius 3 is 2.56 bits per heavy atom. The van der Waals surface area contributed by atoms with Gasteiger partial charge in [-0.25, -0.2) is 13.9 Å². The molecular weight excluding hydrogens is 346 g/mol. The van der Waals surface area contributed by atoms with Crippen LogP contribution in [0.3, 0.4) is 0 Å². The molecule has 2 N–H and O–H groups in total. The fraction of sp³-hybridized carbons (Fsp3) is 0.471. The van der Waals surface area contributed by atoms with Gasteiger partial charge in [0.25, 0.3) is 5.91 Å². The molecule has 0 bridgehead atoms. The van der Waals surface area contributed by atoms with Gasteiger partial charge in [-0.1, -0.05) is 24.1 Å². The lowest BCUT2D eigenvalue weighted by Gasteiger charge is -2.40. The number of carbonyl (C=O) groups is 1. The van der Waals surface area contributed by atoms with E-state index < -0.39 is 26.6 Å². The summed E-state index contributed by atoms with van der Waals surface area (Å²) in [4.78, 5) is 12.5. The van der Waals surface area contributed by atoms with Crippen molar-refractivity contribution < 1.29 is 27.9 Å². The molecule has 0 radical (unpaired) electrons. The molecule has 1 heterocycles. The van der Waals surface area contributed by atoms with E-state index in [1.807, 2.05) is 0 Å². The number of hydrogen-bond acceptors (Lipinski definition) is 6. The lowest BCUT2D eigenvalue weighted by Crippen LogP contribution is -2.54. The number of ether oxygens (including phenoxy) is 2. The molecule has 1 aliphatic heterocycles. The van der Waals surface area contributed by atoms with E-state index >= 15 is 0 Å². The van der Waals surface area contributed by atoms with E-state index in [2.05, 4.69) is 11.8 Å². The Labute approximate surface area is 147 Å². The molecule has 25 heavy (non-hydrogen) atoms. The Morgan fingerprint density at radius 2 is 2.00 bits per heavy atom. The molecule has 2 rings (SSSR count). The summed E-state index contributed by atoms with van der Waals surface area (Å²) in [6, 6.07) is 7.78. The summed E-state index contributed by atoms with van der Waals surface area (Å²) in [5, 5.41) is 9.19. The number of sulfone groups is 1. The summed E-state index contributed by atoms with van der Waals surface area (Å²) in [7, 11) is -4.01. The lowest BCUT2D eigenvalue weighted by molar-refractivity contribution is -0.153. The zero-order valence-corrected chi connectivity index (χ0v) is 14.7. The van der Waals surface area contributed by atoms with Gasteiger partial charge in [-0.15, -0.1) is 5.92 Å². The molecule has 1 unspecified atom stereocenters. The molecule has 0 spiro atoms. The third-order valence-electron chi connectivity index (χ3n) is 4.23. The zero-order valence-electron chi connectivity index (χ0n) is 13.9. The third-order valence-corrected chi connectivity index (χ3v) is 6.31. The fourth-order valence-electron chi connectivity index (χ4n) is 2.89. The van der Waals surface area contributed by atoms with Crippen molar-refractivity contribution in [3.05, 3.63) is 30.3 Å². The highest BCUT2D eigenvalue weighted by Crippen LogP contribution is 2.40. The van der Waals surface area contributed by atoms with Gasteiger partial charge in [0, 0.05) is 13.2 Å². The summed E-state index contributed by atoms with van der Waals surface area (Å²) in [6.07, 6.45) is 0.214. The number of hydrogen-bond donors (Lipinski definition) is 2. The topological polar surface area (TPSA) is 102 Å². The van der Waals surface area contributed by atoms with Crippen LogP contribution in [-0.4, -0.2) is 44.8 Å². The molecule has 1 aromatic carbocycles. The SMILES string of the molecule is CC#CCOC(C1(C(=O)NO)CCOCC1)S(=O)(=O)c1ccccc1. The molecular formula is C17H21NO6S. The van der Waals surface area contributed by atoms with Crippen molar-refractivity contribution in [2.24, 2.45) is 5.41 Å². The van der Waals surface area contributed by atoms with E-state index in [1.165, 1.54) is 12.1 Å². The van der Waals surface area contributed by atoms with Crippen LogP contribution in [0.5, 0.6) is 0 Å². The highest BCUT2D eigenvalue weighted by molar-refractivity contribution is 7.92. The summed E-state index contributed by atoms with van der Waals surface area (Å²) in [5.41, 5.74) is -1.35. The van der Waals surface area contributed by atoms with Crippen molar-refractivity contribution >= 4 is 15.7 Å². The predicted octanol–water partition coefficient (Wildman–Crippen LogP) is 1.13. The van der Waals surface area contributed by atoms with E-state index in [1.54, 1.807) is 30.6 Å². The molecule has 1 aliphatic rings. The van der Waals surface area contributed by atoms with E-state index in [0.29, 0.717) is 0 Å². The molecule has 0 aromatic heterocycles. The minimum absolute atomic E-state index is 0.0427. The Bertz CT molecular complexity index is 744. The van der Waals surface area contributed by atoms with Crippen LogP contribution in [0.1, 0.15) is 19.8 Å². The van der Waals surface area contributed by atoms with E-state index in [-0.39, 0.29) is 37.6 Å². The molecule has 1 fully saturated rings. The summed E-state index contributed by atoms with van der Waals surface area (Å²) in [5.74, 6) is 4.48. The third kappa shape index (κ3) is 4.02. The molecule has 8 heteroatoms. The first kappa shape index (κ1) is 19.4. The van der Waals surface area contributed by atoms with Crippen LogP contribution >= 0.6 is 0 Å². The van der Waals surface area contributed by atoms with Crippen molar-refractivity contribution in [2.45, 2.75) is 30.1 Å². The second kappa shape index (κ2) is 8.45. The normalized spacial score (nSPS) is 17.8. The van der Waals surface area contributed by atoms with Crippen molar-refractivity contribution in [2.75, 3.05) is 19.8 Å². The zero-order chi connectivity index (χ0) is 18.3. The largest absolute Gasteiger partial charge is 0.381 e. The number of amides is 1. The Balaban J connectivity index is 2.53. The lowest BCUT2D eigenvalue weighted by atomic mass is 9.80. The van der Waals surface area contributed by atoms with Crippen LogP contribution in [0.15, 0.2) is 35.2 Å². The minimum Gasteiger partial charge on any atom is -0.381 e. The van der Waals surface area contributed by atoms with Crippen molar-refractivity contribution in [3.63, 3.8) is 0 Å². The molecule has 0 aliphatic carbocycles. The Hall–Kier alpha value is -1.92. The van der Waals surface area contributed by atoms with Gasteiger partial charge < -0.3 is 9.47 Å². The standard InChI is InChI=1S/C17H21NO6S/c1-2-3-11-24-16(25(21,22)14-7-5-4-6-8-14)17(15(19)18-20)9-12-23-13-10-17/h4-8,16,20H,9-13H2,1H3,(H,18,19). The van der Waals surface area contributed by atoms with Gasteiger partial charge in [0.05, 0.1) is 10.3 Å². The first-order valence-corrected chi connectivity index (χ1v) is 9.36. The van der Waals surface area contributed by atoms with Gasteiger partial charge in [0.15, 0.2) is 5.44 Å². The van der Waals surface area contributed by atoms with Crippen molar-refractivity contribution in [1.82, 2.24) is 5.48 Å². The van der Waals surface area contributed by atoms with Crippen molar-refractivity contribution in [3.8, 4) is 11.8 Å². The average Bonchev–Trinajstić information content (AvgIpc) is 2.65. The molecule has 136 valence electrons. The van der Waals surface area contributed by atoms with Crippen LogP contribution in [0.2, 0.25) is 0 Å². The monoisotopic (exact) mass is 367 g/mol. The summed E-state index contributed by atoms with van der Waals surface area (Å²) in [6.45, 7) is 1.84. The maximum atomic E-state index is 13.2. The molecule has 1 amide bonds. The van der Waals surface area contributed by atoms with Crippen LogP contribution in [0, 0.1) is 17.3 Å². The number of nitrogens with one attached hydrogen (secondary N) is 1. The molecule has 0 saturated carbocycles. The highest BCUT2D eigenvalue weighted by Gasteiger charge is 2.53. The first-order valence-electron chi connectivity index (χ1n) is 7.81. The molecule has 1 atom stereocenters. The second-order valence-electron chi connectivity index (χ2n) is 5.64. The van der Waals surface area contributed by atoms with Gasteiger partial charge in [0.2, 0.25) is 9.84 Å². The first-order chi connectivity index (χ1) is 12.0. The van der Waals surface area contributed by atoms with E-state index in [4.69, 9.17) is 9.47 Å². The van der Waals surface area contributed by atoms with Crippen LogP contribution in [0.25, 0.3) is 0 Å². The minimum atomic E-state index is -4.01. The Kier molecular flexibility index (Phi) is 6.56. The molecule has 7 nitrogen and oxygen atoms in total. The fourth-order valence-corrected chi connectivity index (χ4v) is 4.85. The Morgan fingerprint density at radius 1 is 1.36 bits per heavy atom. The van der Waals surface area contributed by atoms with Crippen LogP contribution < -0.4 is 5.48 Å². The van der Waals surface area contributed by atoms with E-state index in [9.17, 15) is 18.4 Å². The van der Waals surface area contributed by atoms with Gasteiger partial charge in [-0.2, -0.15) is 0 Å². The smallest absolute Gasteiger partial charge is 0.253 e. The molecule has 1 aromatic rings. The van der Waals surface area contributed by atoms with E-state index in [0.717, 1.165) is 0 Å². The molecule has 1 saturated heterocycles.